The first kappa shape index (κ1) is 8.95. The third kappa shape index (κ3) is 2.19. The van der Waals surface area contributed by atoms with Gasteiger partial charge in [0.05, 0.1) is 0 Å². The minimum Gasteiger partial charge on any atom is -0.208 e. The summed E-state index contributed by atoms with van der Waals surface area (Å²) in [5, 5.41) is 0. The molecule has 0 radical (unpaired) electrons. The summed E-state index contributed by atoms with van der Waals surface area (Å²) in [7, 11) is 2.02. The van der Waals surface area contributed by atoms with Gasteiger partial charge in [-0.15, -0.1) is 0 Å². The van der Waals surface area contributed by atoms with Gasteiger partial charge in [0.2, 0.25) is 0 Å². The Labute approximate surface area is 84.7 Å². The van der Waals surface area contributed by atoms with Gasteiger partial charge in [-0.05, 0) is 5.56 Å². The highest BCUT2D eigenvalue weighted by Crippen LogP contribution is 2.12. The summed E-state index contributed by atoms with van der Waals surface area (Å²) in [5.74, 6) is 0.476. The number of aromatic nitrogens is 1. The van der Waals surface area contributed by atoms with Crippen LogP contribution in [0.1, 0.15) is 5.56 Å². The van der Waals surface area contributed by atoms with E-state index in [9.17, 15) is 0 Å². The standard InChI is InChI=1S/C13H14N/c1-14-10-8-13(9-11-14)7-6-12-4-2-3-5-12/h2-12H,1H3/q+1/b7-6+. The van der Waals surface area contributed by atoms with Crippen molar-refractivity contribution in [2.24, 2.45) is 13.0 Å². The number of nitrogens with zero attached hydrogens (tertiary/aromatic N) is 1. The molecule has 70 valence electrons. The monoisotopic (exact) mass is 184 g/mol. The van der Waals surface area contributed by atoms with E-state index in [0.717, 1.165) is 0 Å². The first-order valence-corrected chi connectivity index (χ1v) is 4.83. The second-order valence-corrected chi connectivity index (χ2v) is 3.50. The van der Waals surface area contributed by atoms with Gasteiger partial charge < -0.3 is 0 Å². The topological polar surface area (TPSA) is 3.88 Å². The summed E-state index contributed by atoms with van der Waals surface area (Å²) in [6, 6.07) is 4.22. The number of hydrogen-bond acceptors (Lipinski definition) is 0. The Balaban J connectivity index is 2.06. The van der Waals surface area contributed by atoms with E-state index in [2.05, 4.69) is 61.0 Å². The third-order valence-corrected chi connectivity index (χ3v) is 2.29. The molecule has 1 aliphatic rings. The SMILES string of the molecule is C[n+]1ccc(/C=C/C2C=CC=C2)cc1. The van der Waals surface area contributed by atoms with Crippen LogP contribution in [0.25, 0.3) is 6.08 Å². The fourth-order valence-corrected chi connectivity index (χ4v) is 1.42. The van der Waals surface area contributed by atoms with Crippen molar-refractivity contribution in [2.45, 2.75) is 0 Å². The van der Waals surface area contributed by atoms with E-state index >= 15 is 0 Å². The van der Waals surface area contributed by atoms with Crippen molar-refractivity contribution in [1.29, 1.82) is 0 Å². The molecule has 0 bridgehead atoms. The van der Waals surface area contributed by atoms with Crippen LogP contribution in [0.2, 0.25) is 0 Å². The zero-order valence-corrected chi connectivity index (χ0v) is 8.30. The average Bonchev–Trinajstić information content (AvgIpc) is 2.70. The number of aryl methyl sites for hydroxylation is 1. The molecule has 0 saturated heterocycles. The molecule has 0 atom stereocenters. The van der Waals surface area contributed by atoms with E-state index in [4.69, 9.17) is 0 Å². The molecule has 0 saturated carbocycles. The van der Waals surface area contributed by atoms with Gasteiger partial charge in [0, 0.05) is 18.1 Å². The van der Waals surface area contributed by atoms with Gasteiger partial charge >= 0.3 is 0 Å². The van der Waals surface area contributed by atoms with E-state index in [0.29, 0.717) is 5.92 Å². The van der Waals surface area contributed by atoms with Crippen LogP contribution in [0, 0.1) is 5.92 Å². The highest BCUT2D eigenvalue weighted by atomic mass is 14.9. The number of allylic oxidation sites excluding steroid dienone is 5. The first-order chi connectivity index (χ1) is 6.84. The van der Waals surface area contributed by atoms with Crippen molar-refractivity contribution in [3.05, 3.63) is 60.5 Å². The second kappa shape index (κ2) is 4.05. The Morgan fingerprint density at radius 1 is 1.14 bits per heavy atom. The van der Waals surface area contributed by atoms with Crippen LogP contribution < -0.4 is 4.57 Å². The fraction of sp³-hybridized carbons (Fsp3) is 0.154. The van der Waals surface area contributed by atoms with Gasteiger partial charge in [-0.25, -0.2) is 4.57 Å². The lowest BCUT2D eigenvalue weighted by molar-refractivity contribution is -0.671. The minimum atomic E-state index is 0.476. The number of rotatable bonds is 2. The van der Waals surface area contributed by atoms with Crippen LogP contribution in [0.5, 0.6) is 0 Å². The third-order valence-electron chi connectivity index (χ3n) is 2.29. The second-order valence-electron chi connectivity index (χ2n) is 3.50. The van der Waals surface area contributed by atoms with E-state index in [1.165, 1.54) is 5.56 Å². The van der Waals surface area contributed by atoms with Gasteiger partial charge in [0.15, 0.2) is 12.4 Å². The summed E-state index contributed by atoms with van der Waals surface area (Å²) in [5.41, 5.74) is 1.25. The molecule has 1 nitrogen and oxygen atoms in total. The molecule has 0 aromatic carbocycles. The van der Waals surface area contributed by atoms with Gasteiger partial charge in [-0.3, -0.25) is 0 Å². The van der Waals surface area contributed by atoms with E-state index in [-0.39, 0.29) is 0 Å². The van der Waals surface area contributed by atoms with Gasteiger partial charge in [0.25, 0.3) is 0 Å². The lowest BCUT2D eigenvalue weighted by Crippen LogP contribution is -2.25. The maximum absolute atomic E-state index is 2.20. The molecule has 1 aromatic heterocycles. The van der Waals surface area contributed by atoms with Crippen LogP contribution in [-0.4, -0.2) is 0 Å². The Bertz CT molecular complexity index is 370. The zero-order valence-electron chi connectivity index (χ0n) is 8.30. The summed E-state index contributed by atoms with van der Waals surface area (Å²) in [6.45, 7) is 0. The quantitative estimate of drug-likeness (QED) is 0.621. The summed E-state index contributed by atoms with van der Waals surface area (Å²) in [4.78, 5) is 0. The van der Waals surface area contributed by atoms with Gasteiger partial charge in [0.1, 0.15) is 7.05 Å². The summed E-state index contributed by atoms with van der Waals surface area (Å²) in [6.07, 6.45) is 17.0. The fourth-order valence-electron chi connectivity index (χ4n) is 1.42. The van der Waals surface area contributed by atoms with E-state index in [1.54, 1.807) is 0 Å². The lowest BCUT2D eigenvalue weighted by Gasteiger charge is -1.95. The van der Waals surface area contributed by atoms with Crippen LogP contribution >= 0.6 is 0 Å². The number of pyridine rings is 1. The molecule has 14 heavy (non-hydrogen) atoms. The van der Waals surface area contributed by atoms with Crippen LogP contribution in [0.3, 0.4) is 0 Å². The van der Waals surface area contributed by atoms with Crippen molar-refractivity contribution in [1.82, 2.24) is 0 Å². The molecule has 1 heterocycles. The molecule has 0 fully saturated rings. The molecule has 1 aliphatic carbocycles. The number of hydrogen-bond donors (Lipinski definition) is 0. The maximum Gasteiger partial charge on any atom is 0.169 e. The summed E-state index contributed by atoms with van der Waals surface area (Å²) >= 11 is 0. The van der Waals surface area contributed by atoms with Crippen molar-refractivity contribution in [3.8, 4) is 0 Å². The maximum atomic E-state index is 2.20. The minimum absolute atomic E-state index is 0.476. The highest BCUT2D eigenvalue weighted by molar-refractivity contribution is 5.49. The van der Waals surface area contributed by atoms with Crippen molar-refractivity contribution >= 4 is 6.08 Å². The Morgan fingerprint density at radius 2 is 1.79 bits per heavy atom. The molecule has 0 unspecified atom stereocenters. The summed E-state index contributed by atoms with van der Waals surface area (Å²) < 4.78 is 2.03. The molecule has 0 aliphatic heterocycles. The predicted octanol–water partition coefficient (Wildman–Crippen LogP) is 2.27. The molecule has 0 N–H and O–H groups in total. The largest absolute Gasteiger partial charge is 0.208 e. The zero-order chi connectivity index (χ0) is 9.80. The predicted molar refractivity (Wildman–Crippen MR) is 58.4 cm³/mol. The highest BCUT2D eigenvalue weighted by Gasteiger charge is 1.97. The van der Waals surface area contributed by atoms with Crippen LogP contribution in [0.4, 0.5) is 0 Å². The van der Waals surface area contributed by atoms with Crippen molar-refractivity contribution < 1.29 is 4.57 Å². The molecule has 2 rings (SSSR count). The van der Waals surface area contributed by atoms with Crippen molar-refractivity contribution in [2.75, 3.05) is 0 Å². The van der Waals surface area contributed by atoms with Crippen LogP contribution in [0.15, 0.2) is 54.9 Å². The molecular formula is C13H14N+. The first-order valence-electron chi connectivity index (χ1n) is 4.83. The molecule has 1 aromatic rings. The van der Waals surface area contributed by atoms with Crippen molar-refractivity contribution in [3.63, 3.8) is 0 Å². The average molecular weight is 184 g/mol. The molecule has 0 amide bonds. The lowest BCUT2D eigenvalue weighted by atomic mass is 10.1. The molecular weight excluding hydrogens is 170 g/mol. The normalized spacial score (nSPS) is 15.8. The van der Waals surface area contributed by atoms with Gasteiger partial charge in [-0.1, -0.05) is 36.5 Å². The van der Waals surface area contributed by atoms with Gasteiger partial charge in [-0.2, -0.15) is 0 Å². The Hall–Kier alpha value is -1.63. The Morgan fingerprint density at radius 3 is 2.43 bits per heavy atom. The smallest absolute Gasteiger partial charge is 0.169 e. The van der Waals surface area contributed by atoms with E-state index in [1.807, 2.05) is 11.6 Å². The Kier molecular flexibility index (Phi) is 2.59. The van der Waals surface area contributed by atoms with E-state index < -0.39 is 0 Å². The molecule has 1 heteroatoms. The van der Waals surface area contributed by atoms with Crippen LogP contribution in [-0.2, 0) is 7.05 Å². The molecule has 0 spiro atoms.